The molecule has 0 aliphatic carbocycles. The number of nitrogens with zero attached hydrogens (tertiary/aromatic N) is 3. The molecule has 1 heterocycles. The number of nitrogens with one attached hydrogen (secondary N) is 2. The molecule has 3 amide bonds. The van der Waals surface area contributed by atoms with Crippen LogP contribution in [0.1, 0.15) is 51.3 Å². The summed E-state index contributed by atoms with van der Waals surface area (Å²) in [4.78, 5) is 45.3. The van der Waals surface area contributed by atoms with Crippen molar-refractivity contribution in [3.63, 3.8) is 0 Å². The van der Waals surface area contributed by atoms with Crippen molar-refractivity contribution in [2.45, 2.75) is 58.2 Å². The normalized spacial score (nSPS) is 12.4. The van der Waals surface area contributed by atoms with Crippen LogP contribution < -0.4 is 16.4 Å². The molecule has 232 valence electrons. The van der Waals surface area contributed by atoms with Crippen LogP contribution in [0, 0.1) is 0 Å². The maximum atomic E-state index is 13.4. The Morgan fingerprint density at radius 1 is 0.909 bits per heavy atom. The molecule has 3 aromatic carbocycles. The van der Waals surface area contributed by atoms with Gasteiger partial charge in [-0.25, -0.2) is 4.98 Å². The van der Waals surface area contributed by atoms with Crippen LogP contribution in [0.2, 0.25) is 0 Å². The lowest BCUT2D eigenvalue weighted by Crippen LogP contribution is -2.54. The number of likely N-dealkylation sites (N-methyl/N-ethyl adjacent to an activating group) is 1. The minimum atomic E-state index is -1.14. The van der Waals surface area contributed by atoms with Gasteiger partial charge in [-0.15, -0.1) is 0 Å². The minimum absolute atomic E-state index is 0. The third-order valence-electron chi connectivity index (χ3n) is 7.17. The summed E-state index contributed by atoms with van der Waals surface area (Å²) in [5.41, 5.74) is 8.91. The van der Waals surface area contributed by atoms with Gasteiger partial charge in [0.25, 0.3) is 0 Å². The molecule has 4 aromatic rings. The van der Waals surface area contributed by atoms with Crippen LogP contribution >= 0.6 is 0 Å². The predicted molar refractivity (Wildman–Crippen MR) is 176 cm³/mol. The first kappa shape index (κ1) is 33.7. The summed E-state index contributed by atoms with van der Waals surface area (Å²) < 4.78 is 1.68. The number of hydrogen-bond donors (Lipinski definition) is 3. The van der Waals surface area contributed by atoms with E-state index in [-0.39, 0.29) is 19.2 Å². The summed E-state index contributed by atoms with van der Waals surface area (Å²) in [5, 5.41) is 5.62. The van der Waals surface area contributed by atoms with Crippen LogP contribution in [0.25, 0.3) is 11.1 Å². The van der Waals surface area contributed by atoms with Crippen LogP contribution in [0.3, 0.4) is 0 Å². The van der Waals surface area contributed by atoms with E-state index < -0.39 is 29.4 Å². The largest absolute Gasteiger partial charge is 0.347 e. The minimum Gasteiger partial charge on any atom is -0.347 e. The van der Waals surface area contributed by atoms with E-state index in [1.807, 2.05) is 84.9 Å². The van der Waals surface area contributed by atoms with Crippen molar-refractivity contribution >= 4 is 23.5 Å². The summed E-state index contributed by atoms with van der Waals surface area (Å²) >= 11 is 0. The standard InChI is InChI=1S/C34H40N6O3.CH4/c1-34(2,35)33(43)37-28(17-11-14-24-12-7-5-8-13-24)31(41)38-29-22-40(23-36-29)30(32(42)39(3)4)27-20-18-26(19-21-27)25-15-9-6-10-16-25;/h5-10,12-13,15-16,18-23,28,30H,11,14,17,35H2,1-4H3,(H,37,43)(H,38,41);1H4/t28-,30?;/m1./s1. The molecule has 0 aliphatic heterocycles. The lowest BCUT2D eigenvalue weighted by molar-refractivity contribution is -0.131. The molecule has 44 heavy (non-hydrogen) atoms. The van der Waals surface area contributed by atoms with E-state index in [9.17, 15) is 14.4 Å². The molecular formula is C35H44N6O3. The Labute approximate surface area is 260 Å². The van der Waals surface area contributed by atoms with Crippen molar-refractivity contribution in [3.8, 4) is 11.1 Å². The van der Waals surface area contributed by atoms with Crippen LogP contribution in [0.5, 0.6) is 0 Å². The van der Waals surface area contributed by atoms with Crippen molar-refractivity contribution in [3.05, 3.63) is 109 Å². The van der Waals surface area contributed by atoms with E-state index >= 15 is 0 Å². The first-order chi connectivity index (χ1) is 20.5. The van der Waals surface area contributed by atoms with Crippen molar-refractivity contribution in [2.24, 2.45) is 5.73 Å². The number of carbonyl (C=O) groups excluding carboxylic acids is 3. The Morgan fingerprint density at radius 2 is 1.50 bits per heavy atom. The fraction of sp³-hybridized carbons (Fsp3) is 0.314. The fourth-order valence-corrected chi connectivity index (χ4v) is 4.70. The molecule has 0 saturated heterocycles. The molecular weight excluding hydrogens is 552 g/mol. The monoisotopic (exact) mass is 596 g/mol. The van der Waals surface area contributed by atoms with Gasteiger partial charge in [-0.2, -0.15) is 0 Å². The third kappa shape index (κ3) is 8.87. The van der Waals surface area contributed by atoms with Crippen LogP contribution in [-0.4, -0.2) is 57.8 Å². The molecule has 4 rings (SSSR count). The fourth-order valence-electron chi connectivity index (χ4n) is 4.70. The highest BCUT2D eigenvalue weighted by molar-refractivity contribution is 5.98. The van der Waals surface area contributed by atoms with Gasteiger partial charge >= 0.3 is 0 Å². The number of rotatable bonds is 12. The van der Waals surface area contributed by atoms with Gasteiger partial charge in [-0.3, -0.25) is 14.4 Å². The Bertz CT molecular complexity index is 1510. The van der Waals surface area contributed by atoms with Crippen molar-refractivity contribution < 1.29 is 14.4 Å². The molecule has 9 heteroatoms. The van der Waals surface area contributed by atoms with Gasteiger partial charge in [0, 0.05) is 20.3 Å². The molecule has 0 saturated carbocycles. The third-order valence-corrected chi connectivity index (χ3v) is 7.17. The Hall–Kier alpha value is -4.76. The number of anilines is 1. The van der Waals surface area contributed by atoms with Crippen molar-refractivity contribution in [2.75, 3.05) is 19.4 Å². The van der Waals surface area contributed by atoms with Crippen molar-refractivity contribution in [1.29, 1.82) is 0 Å². The maximum absolute atomic E-state index is 13.4. The summed E-state index contributed by atoms with van der Waals surface area (Å²) in [6.45, 7) is 3.19. The lowest BCUT2D eigenvalue weighted by Gasteiger charge is -2.24. The van der Waals surface area contributed by atoms with E-state index in [2.05, 4.69) is 15.6 Å². The topological polar surface area (TPSA) is 122 Å². The molecule has 2 atom stereocenters. The second-order valence-electron chi connectivity index (χ2n) is 11.4. The van der Waals surface area contributed by atoms with E-state index in [0.717, 1.165) is 28.7 Å². The molecule has 0 radical (unpaired) electrons. The number of benzene rings is 3. The highest BCUT2D eigenvalue weighted by atomic mass is 16.2. The first-order valence-electron chi connectivity index (χ1n) is 14.4. The van der Waals surface area contributed by atoms with Gasteiger partial charge < -0.3 is 25.8 Å². The van der Waals surface area contributed by atoms with E-state index in [1.165, 1.54) is 11.2 Å². The number of aryl methyl sites for hydroxylation is 1. The van der Waals surface area contributed by atoms with Gasteiger partial charge in [-0.1, -0.05) is 92.4 Å². The molecule has 9 nitrogen and oxygen atoms in total. The smallest absolute Gasteiger partial charge is 0.249 e. The van der Waals surface area contributed by atoms with E-state index in [4.69, 9.17) is 5.73 Å². The number of amides is 3. The average Bonchev–Trinajstić information content (AvgIpc) is 3.45. The van der Waals surface area contributed by atoms with Crippen LogP contribution in [0.4, 0.5) is 5.82 Å². The summed E-state index contributed by atoms with van der Waals surface area (Å²) in [6.07, 6.45) is 5.01. The highest BCUT2D eigenvalue weighted by Crippen LogP contribution is 2.26. The van der Waals surface area contributed by atoms with E-state index in [1.54, 1.807) is 38.7 Å². The van der Waals surface area contributed by atoms with Gasteiger partial charge in [0.2, 0.25) is 17.7 Å². The quantitative estimate of drug-likeness (QED) is 0.211. The maximum Gasteiger partial charge on any atom is 0.249 e. The first-order valence-corrected chi connectivity index (χ1v) is 14.4. The molecule has 0 aliphatic rings. The molecule has 1 unspecified atom stereocenters. The number of imidazole rings is 1. The number of aromatic nitrogens is 2. The van der Waals surface area contributed by atoms with Gasteiger partial charge in [0.1, 0.15) is 12.1 Å². The SMILES string of the molecule is C.CN(C)C(=O)C(c1ccc(-c2ccccc2)cc1)n1cnc(NC(=O)[C@@H](CCCc2ccccc2)NC(=O)C(C)(C)N)c1. The molecule has 1 aromatic heterocycles. The summed E-state index contributed by atoms with van der Waals surface area (Å²) in [5.74, 6) is -0.692. The van der Waals surface area contributed by atoms with Crippen LogP contribution in [0.15, 0.2) is 97.5 Å². The zero-order chi connectivity index (χ0) is 31.0. The summed E-state index contributed by atoms with van der Waals surface area (Å²) in [7, 11) is 3.41. The number of carbonyl (C=O) groups is 3. The second kappa shape index (κ2) is 15.1. The van der Waals surface area contributed by atoms with Crippen molar-refractivity contribution in [1.82, 2.24) is 19.8 Å². The second-order valence-corrected chi connectivity index (χ2v) is 11.4. The lowest BCUT2D eigenvalue weighted by atomic mass is 10.00. The zero-order valence-electron chi connectivity index (χ0n) is 25.2. The zero-order valence-corrected chi connectivity index (χ0v) is 25.2. The van der Waals surface area contributed by atoms with Crippen LogP contribution in [-0.2, 0) is 20.8 Å². The molecule has 0 spiro atoms. The predicted octanol–water partition coefficient (Wildman–Crippen LogP) is 5.05. The van der Waals surface area contributed by atoms with E-state index in [0.29, 0.717) is 12.8 Å². The van der Waals surface area contributed by atoms with Gasteiger partial charge in [0.05, 0.1) is 11.9 Å². The number of hydrogen-bond acceptors (Lipinski definition) is 5. The summed E-state index contributed by atoms with van der Waals surface area (Å²) in [6, 6.07) is 26.3. The highest BCUT2D eigenvalue weighted by Gasteiger charge is 2.29. The molecule has 4 N–H and O–H groups in total. The Morgan fingerprint density at radius 3 is 2.09 bits per heavy atom. The van der Waals surface area contributed by atoms with Gasteiger partial charge in [0.15, 0.2) is 5.82 Å². The average molecular weight is 597 g/mol. The molecule has 0 bridgehead atoms. The molecule has 0 fully saturated rings. The Balaban J connectivity index is 0.00000529. The number of nitrogens with two attached hydrogens (primary N) is 1. The van der Waals surface area contributed by atoms with Gasteiger partial charge in [-0.05, 0) is 55.4 Å². The Kier molecular flexibility index (Phi) is 11.6.